The number of nitrogens with zero attached hydrogens (tertiary/aromatic N) is 1. The smallest absolute Gasteiger partial charge is 0.310 e. The largest absolute Gasteiger partial charge is 0.481 e. The molecule has 0 aromatic heterocycles. The van der Waals surface area contributed by atoms with Gasteiger partial charge in [-0.3, -0.25) is 4.79 Å². The first-order chi connectivity index (χ1) is 8.49. The molecule has 0 bridgehead atoms. The minimum atomic E-state index is -0.792. The van der Waals surface area contributed by atoms with Crippen molar-refractivity contribution in [3.8, 4) is 0 Å². The van der Waals surface area contributed by atoms with Crippen LogP contribution in [0.15, 0.2) is 36.4 Å². The Balaban J connectivity index is 2.47. The zero-order valence-electron chi connectivity index (χ0n) is 10.8. The molecule has 1 N–H and O–H groups in total. The number of carboxylic acid groups (broad SMARTS) is 1. The normalized spacial score (nSPS) is 12.4. The van der Waals surface area contributed by atoms with E-state index in [1.54, 1.807) is 6.92 Å². The molecule has 0 amide bonds. The topological polar surface area (TPSA) is 40.5 Å². The fraction of sp³-hybridized carbons (Fsp3) is 0.267. The number of fused-ring (bicyclic) bond motifs is 1. The Morgan fingerprint density at radius 3 is 2.33 bits per heavy atom. The average molecular weight is 243 g/mol. The fourth-order valence-electron chi connectivity index (χ4n) is 1.94. The molecule has 2 rings (SSSR count). The van der Waals surface area contributed by atoms with Gasteiger partial charge in [-0.05, 0) is 35.4 Å². The molecule has 0 spiro atoms. The number of benzene rings is 2. The predicted octanol–water partition coefficient (Wildman–Crippen LogP) is 3.09. The van der Waals surface area contributed by atoms with Crippen LogP contribution in [0, 0.1) is 0 Å². The first kappa shape index (κ1) is 12.4. The molecule has 3 heteroatoms. The minimum absolute atomic E-state index is 0.470. The molecule has 94 valence electrons. The maximum Gasteiger partial charge on any atom is 0.310 e. The number of aliphatic carboxylic acids is 1. The molecule has 0 saturated carbocycles. The second kappa shape index (κ2) is 4.69. The zero-order valence-corrected chi connectivity index (χ0v) is 10.8. The van der Waals surface area contributed by atoms with Gasteiger partial charge in [0.1, 0.15) is 0 Å². The predicted molar refractivity (Wildman–Crippen MR) is 74.3 cm³/mol. The summed E-state index contributed by atoms with van der Waals surface area (Å²) in [7, 11) is 4.00. The Morgan fingerprint density at radius 1 is 1.11 bits per heavy atom. The summed E-state index contributed by atoms with van der Waals surface area (Å²) in [4.78, 5) is 13.0. The Labute approximate surface area is 107 Å². The SMILES string of the molecule is CC(C(=O)O)c1ccc2cc(N(C)C)ccc2c1. The molecule has 0 aliphatic rings. The molecule has 0 aliphatic carbocycles. The van der Waals surface area contributed by atoms with Crippen molar-refractivity contribution in [2.45, 2.75) is 12.8 Å². The van der Waals surface area contributed by atoms with Gasteiger partial charge in [0.2, 0.25) is 0 Å². The number of hydrogen-bond donors (Lipinski definition) is 1. The van der Waals surface area contributed by atoms with Crippen molar-refractivity contribution < 1.29 is 9.90 Å². The van der Waals surface area contributed by atoms with Crippen LogP contribution in [-0.4, -0.2) is 25.2 Å². The van der Waals surface area contributed by atoms with Crippen molar-refractivity contribution in [3.05, 3.63) is 42.0 Å². The van der Waals surface area contributed by atoms with E-state index in [0.29, 0.717) is 0 Å². The molecule has 0 aliphatic heterocycles. The first-order valence-corrected chi connectivity index (χ1v) is 5.93. The van der Waals surface area contributed by atoms with Gasteiger partial charge >= 0.3 is 5.97 Å². The van der Waals surface area contributed by atoms with Crippen LogP contribution >= 0.6 is 0 Å². The van der Waals surface area contributed by atoms with E-state index in [-0.39, 0.29) is 0 Å². The van der Waals surface area contributed by atoms with E-state index in [1.165, 1.54) is 0 Å². The van der Waals surface area contributed by atoms with Crippen molar-refractivity contribution in [3.63, 3.8) is 0 Å². The summed E-state index contributed by atoms with van der Waals surface area (Å²) in [5, 5.41) is 11.2. The number of carbonyl (C=O) groups is 1. The number of hydrogen-bond acceptors (Lipinski definition) is 2. The summed E-state index contributed by atoms with van der Waals surface area (Å²) < 4.78 is 0. The van der Waals surface area contributed by atoms with Crippen LogP contribution < -0.4 is 4.90 Å². The van der Waals surface area contributed by atoms with Crippen LogP contribution in [0.25, 0.3) is 10.8 Å². The van der Waals surface area contributed by atoms with Crippen LogP contribution in [0.4, 0.5) is 5.69 Å². The van der Waals surface area contributed by atoms with Crippen LogP contribution in [-0.2, 0) is 4.79 Å². The second-order valence-corrected chi connectivity index (χ2v) is 4.75. The van der Waals surface area contributed by atoms with Crippen molar-refractivity contribution in [2.75, 3.05) is 19.0 Å². The summed E-state index contributed by atoms with van der Waals surface area (Å²) in [6, 6.07) is 12.0. The van der Waals surface area contributed by atoms with Gasteiger partial charge in [-0.1, -0.05) is 24.3 Å². The van der Waals surface area contributed by atoms with Crippen LogP contribution in [0.1, 0.15) is 18.4 Å². The van der Waals surface area contributed by atoms with E-state index in [1.807, 2.05) is 49.3 Å². The van der Waals surface area contributed by atoms with Gasteiger partial charge in [-0.2, -0.15) is 0 Å². The van der Waals surface area contributed by atoms with Gasteiger partial charge in [0.05, 0.1) is 5.92 Å². The zero-order chi connectivity index (χ0) is 13.3. The van der Waals surface area contributed by atoms with Gasteiger partial charge in [-0.15, -0.1) is 0 Å². The molecule has 0 saturated heterocycles. The Kier molecular flexibility index (Phi) is 3.24. The highest BCUT2D eigenvalue weighted by molar-refractivity contribution is 5.88. The summed E-state index contributed by atoms with van der Waals surface area (Å²) >= 11 is 0. The molecule has 0 radical (unpaired) electrons. The third kappa shape index (κ3) is 2.30. The highest BCUT2D eigenvalue weighted by Crippen LogP contribution is 2.25. The van der Waals surface area contributed by atoms with Crippen molar-refractivity contribution in [1.82, 2.24) is 0 Å². The molecule has 1 unspecified atom stereocenters. The maximum absolute atomic E-state index is 11.0. The van der Waals surface area contributed by atoms with Gasteiger partial charge in [-0.25, -0.2) is 0 Å². The van der Waals surface area contributed by atoms with E-state index in [9.17, 15) is 4.79 Å². The molecule has 1 atom stereocenters. The van der Waals surface area contributed by atoms with E-state index < -0.39 is 11.9 Å². The minimum Gasteiger partial charge on any atom is -0.481 e. The molecule has 2 aromatic rings. The highest BCUT2D eigenvalue weighted by atomic mass is 16.4. The summed E-state index contributed by atoms with van der Waals surface area (Å²) in [6.07, 6.45) is 0. The molecular formula is C15H17NO2. The number of carboxylic acids is 1. The van der Waals surface area contributed by atoms with Gasteiger partial charge < -0.3 is 10.0 Å². The Hall–Kier alpha value is -2.03. The van der Waals surface area contributed by atoms with Crippen LogP contribution in [0.3, 0.4) is 0 Å². The summed E-state index contributed by atoms with van der Waals surface area (Å²) in [6.45, 7) is 1.71. The van der Waals surface area contributed by atoms with Gasteiger partial charge in [0.25, 0.3) is 0 Å². The standard InChI is InChI=1S/C15H17NO2/c1-10(15(17)18)11-4-5-13-9-14(16(2)3)7-6-12(13)8-11/h4-10H,1-3H3,(H,17,18). The van der Waals surface area contributed by atoms with E-state index in [0.717, 1.165) is 22.0 Å². The average Bonchev–Trinajstić information content (AvgIpc) is 2.36. The van der Waals surface area contributed by atoms with Crippen LogP contribution in [0.5, 0.6) is 0 Å². The maximum atomic E-state index is 11.0. The molecule has 0 heterocycles. The summed E-state index contributed by atoms with van der Waals surface area (Å²) in [5.74, 6) is -1.26. The van der Waals surface area contributed by atoms with Crippen molar-refractivity contribution >= 4 is 22.4 Å². The van der Waals surface area contributed by atoms with E-state index in [4.69, 9.17) is 5.11 Å². The molecular weight excluding hydrogens is 226 g/mol. The number of anilines is 1. The first-order valence-electron chi connectivity index (χ1n) is 5.93. The lowest BCUT2D eigenvalue weighted by molar-refractivity contribution is -0.138. The van der Waals surface area contributed by atoms with Crippen LogP contribution in [0.2, 0.25) is 0 Å². The molecule has 0 fully saturated rings. The Morgan fingerprint density at radius 2 is 1.72 bits per heavy atom. The lowest BCUT2D eigenvalue weighted by Gasteiger charge is -2.14. The van der Waals surface area contributed by atoms with Crippen molar-refractivity contribution in [1.29, 1.82) is 0 Å². The van der Waals surface area contributed by atoms with Gasteiger partial charge in [0, 0.05) is 19.8 Å². The molecule has 3 nitrogen and oxygen atoms in total. The van der Waals surface area contributed by atoms with E-state index >= 15 is 0 Å². The monoisotopic (exact) mass is 243 g/mol. The third-order valence-corrected chi connectivity index (χ3v) is 3.23. The Bertz CT molecular complexity index is 590. The molecule has 18 heavy (non-hydrogen) atoms. The lowest BCUT2D eigenvalue weighted by Crippen LogP contribution is -2.08. The lowest BCUT2D eigenvalue weighted by atomic mass is 9.98. The second-order valence-electron chi connectivity index (χ2n) is 4.75. The summed E-state index contributed by atoms with van der Waals surface area (Å²) in [5.41, 5.74) is 1.98. The van der Waals surface area contributed by atoms with Gasteiger partial charge in [0.15, 0.2) is 0 Å². The highest BCUT2D eigenvalue weighted by Gasteiger charge is 2.13. The van der Waals surface area contributed by atoms with Crippen molar-refractivity contribution in [2.24, 2.45) is 0 Å². The van der Waals surface area contributed by atoms with E-state index in [2.05, 4.69) is 6.07 Å². The fourth-order valence-corrected chi connectivity index (χ4v) is 1.94. The number of rotatable bonds is 3. The quantitative estimate of drug-likeness (QED) is 0.900. The molecule has 2 aromatic carbocycles. The third-order valence-electron chi connectivity index (χ3n) is 3.23.